The molecule has 0 aliphatic heterocycles. The molecule has 0 saturated carbocycles. The average Bonchev–Trinajstić information content (AvgIpc) is 2.10. The standard InChI is InChI=1S/C12H23BrO2/c1-5-15-11(14)7-6-10(8-9-13)12(2,3)4/h10H,5-9H2,1-4H3. The fraction of sp³-hybridized carbons (Fsp3) is 0.917. The summed E-state index contributed by atoms with van der Waals surface area (Å²) in [5, 5.41) is 0.998. The molecular weight excluding hydrogens is 256 g/mol. The van der Waals surface area contributed by atoms with E-state index in [2.05, 4.69) is 36.7 Å². The molecule has 0 radical (unpaired) electrons. The van der Waals surface area contributed by atoms with E-state index >= 15 is 0 Å². The predicted molar refractivity (Wildman–Crippen MR) is 67.2 cm³/mol. The molecule has 1 unspecified atom stereocenters. The molecule has 3 heteroatoms. The maximum atomic E-state index is 11.2. The fourth-order valence-electron chi connectivity index (χ4n) is 1.67. The smallest absolute Gasteiger partial charge is 0.305 e. The summed E-state index contributed by atoms with van der Waals surface area (Å²) in [7, 11) is 0. The zero-order chi connectivity index (χ0) is 11.9. The van der Waals surface area contributed by atoms with E-state index in [4.69, 9.17) is 4.74 Å². The van der Waals surface area contributed by atoms with Crippen LogP contribution < -0.4 is 0 Å². The molecule has 1 atom stereocenters. The van der Waals surface area contributed by atoms with Crippen LogP contribution >= 0.6 is 15.9 Å². The van der Waals surface area contributed by atoms with Crippen LogP contribution in [0.5, 0.6) is 0 Å². The third-order valence-electron chi connectivity index (χ3n) is 2.68. The Hall–Kier alpha value is -0.0500. The summed E-state index contributed by atoms with van der Waals surface area (Å²) >= 11 is 3.46. The molecule has 0 aromatic carbocycles. The summed E-state index contributed by atoms with van der Waals surface area (Å²) < 4.78 is 4.93. The predicted octanol–water partition coefficient (Wildman–Crippen LogP) is 3.78. The SMILES string of the molecule is CCOC(=O)CCC(CCBr)C(C)(C)C. The first-order valence-electron chi connectivity index (χ1n) is 5.63. The summed E-state index contributed by atoms with van der Waals surface area (Å²) in [5.74, 6) is 0.502. The Kier molecular flexibility index (Phi) is 7.24. The minimum absolute atomic E-state index is 0.0682. The Bertz CT molecular complexity index is 185. The number of ether oxygens (including phenoxy) is 1. The summed E-state index contributed by atoms with van der Waals surface area (Å²) in [6.07, 6.45) is 2.58. The maximum absolute atomic E-state index is 11.2. The summed E-state index contributed by atoms with van der Waals surface area (Å²) in [6, 6.07) is 0. The largest absolute Gasteiger partial charge is 0.466 e. The van der Waals surface area contributed by atoms with Crippen molar-refractivity contribution in [2.45, 2.75) is 47.0 Å². The molecule has 0 saturated heterocycles. The molecule has 0 aromatic heterocycles. The van der Waals surface area contributed by atoms with Crippen molar-refractivity contribution in [2.24, 2.45) is 11.3 Å². The lowest BCUT2D eigenvalue weighted by Gasteiger charge is -2.30. The molecule has 0 aliphatic rings. The fourth-order valence-corrected chi connectivity index (χ4v) is 2.22. The van der Waals surface area contributed by atoms with Crippen LogP contribution in [0.25, 0.3) is 0 Å². The van der Waals surface area contributed by atoms with Crippen LogP contribution in [0.3, 0.4) is 0 Å². The van der Waals surface area contributed by atoms with Crippen LogP contribution in [-0.4, -0.2) is 17.9 Å². The number of hydrogen-bond acceptors (Lipinski definition) is 2. The quantitative estimate of drug-likeness (QED) is 0.546. The Labute approximate surface area is 102 Å². The zero-order valence-electron chi connectivity index (χ0n) is 10.3. The van der Waals surface area contributed by atoms with Gasteiger partial charge in [-0.1, -0.05) is 36.7 Å². The van der Waals surface area contributed by atoms with Crippen LogP contribution in [0.1, 0.15) is 47.0 Å². The molecule has 0 aromatic rings. The number of carbonyl (C=O) groups excluding carboxylic acids is 1. The van der Waals surface area contributed by atoms with Crippen molar-refractivity contribution in [3.63, 3.8) is 0 Å². The van der Waals surface area contributed by atoms with Gasteiger partial charge in [-0.05, 0) is 31.1 Å². The highest BCUT2D eigenvalue weighted by Gasteiger charge is 2.24. The van der Waals surface area contributed by atoms with E-state index in [0.717, 1.165) is 18.2 Å². The van der Waals surface area contributed by atoms with Crippen molar-refractivity contribution in [2.75, 3.05) is 11.9 Å². The molecular formula is C12H23BrO2. The third kappa shape index (κ3) is 6.93. The number of hydrogen-bond donors (Lipinski definition) is 0. The molecule has 2 nitrogen and oxygen atoms in total. The van der Waals surface area contributed by atoms with Crippen molar-refractivity contribution >= 4 is 21.9 Å². The monoisotopic (exact) mass is 278 g/mol. The van der Waals surface area contributed by atoms with Gasteiger partial charge in [0.15, 0.2) is 0 Å². The second-order valence-electron chi connectivity index (χ2n) is 4.88. The van der Waals surface area contributed by atoms with Gasteiger partial charge in [-0.25, -0.2) is 0 Å². The molecule has 0 bridgehead atoms. The lowest BCUT2D eigenvalue weighted by atomic mass is 9.76. The van der Waals surface area contributed by atoms with Crippen molar-refractivity contribution in [1.82, 2.24) is 0 Å². The zero-order valence-corrected chi connectivity index (χ0v) is 11.9. The lowest BCUT2D eigenvalue weighted by molar-refractivity contribution is -0.143. The molecule has 0 spiro atoms. The Morgan fingerprint density at radius 3 is 2.33 bits per heavy atom. The summed E-state index contributed by atoms with van der Waals surface area (Å²) in [4.78, 5) is 11.2. The van der Waals surface area contributed by atoms with Crippen molar-refractivity contribution in [1.29, 1.82) is 0 Å². The van der Waals surface area contributed by atoms with Gasteiger partial charge < -0.3 is 4.74 Å². The molecule has 90 valence electrons. The first kappa shape index (κ1) is 14.9. The highest BCUT2D eigenvalue weighted by Crippen LogP contribution is 2.32. The van der Waals surface area contributed by atoms with Gasteiger partial charge in [-0.3, -0.25) is 4.79 Å². The Balaban J connectivity index is 4.02. The highest BCUT2D eigenvalue weighted by molar-refractivity contribution is 9.09. The second kappa shape index (κ2) is 7.26. The van der Waals surface area contributed by atoms with E-state index in [-0.39, 0.29) is 11.4 Å². The van der Waals surface area contributed by atoms with Crippen molar-refractivity contribution in [3.8, 4) is 0 Å². The average molecular weight is 279 g/mol. The topological polar surface area (TPSA) is 26.3 Å². The molecule has 0 fully saturated rings. The van der Waals surface area contributed by atoms with Gasteiger partial charge in [-0.2, -0.15) is 0 Å². The number of esters is 1. The van der Waals surface area contributed by atoms with Crippen LogP contribution in [0.15, 0.2) is 0 Å². The van der Waals surface area contributed by atoms with Crippen LogP contribution in [-0.2, 0) is 9.53 Å². The van der Waals surface area contributed by atoms with Crippen LogP contribution in [0.2, 0.25) is 0 Å². The maximum Gasteiger partial charge on any atom is 0.305 e. The van der Waals surface area contributed by atoms with E-state index in [1.807, 2.05) is 6.92 Å². The molecule has 0 N–H and O–H groups in total. The van der Waals surface area contributed by atoms with Gasteiger partial charge in [0.2, 0.25) is 0 Å². The van der Waals surface area contributed by atoms with Gasteiger partial charge in [0.25, 0.3) is 0 Å². The lowest BCUT2D eigenvalue weighted by Crippen LogP contribution is -2.22. The van der Waals surface area contributed by atoms with E-state index in [1.165, 1.54) is 0 Å². The normalized spacial score (nSPS) is 13.7. The second-order valence-corrected chi connectivity index (χ2v) is 5.68. The molecule has 0 heterocycles. The molecule has 0 amide bonds. The van der Waals surface area contributed by atoms with Gasteiger partial charge in [-0.15, -0.1) is 0 Å². The number of alkyl halides is 1. The van der Waals surface area contributed by atoms with Crippen LogP contribution in [0, 0.1) is 11.3 Å². The van der Waals surface area contributed by atoms with E-state index < -0.39 is 0 Å². The Morgan fingerprint density at radius 1 is 1.33 bits per heavy atom. The first-order valence-corrected chi connectivity index (χ1v) is 6.75. The Morgan fingerprint density at radius 2 is 1.93 bits per heavy atom. The minimum atomic E-state index is -0.0682. The van der Waals surface area contributed by atoms with E-state index in [0.29, 0.717) is 18.9 Å². The van der Waals surface area contributed by atoms with Crippen LogP contribution in [0.4, 0.5) is 0 Å². The van der Waals surface area contributed by atoms with Crippen molar-refractivity contribution in [3.05, 3.63) is 0 Å². The van der Waals surface area contributed by atoms with E-state index in [1.54, 1.807) is 0 Å². The van der Waals surface area contributed by atoms with Gasteiger partial charge in [0, 0.05) is 11.8 Å². The van der Waals surface area contributed by atoms with Crippen molar-refractivity contribution < 1.29 is 9.53 Å². The number of carbonyl (C=O) groups is 1. The summed E-state index contributed by atoms with van der Waals surface area (Å²) in [5.41, 5.74) is 0.264. The third-order valence-corrected chi connectivity index (χ3v) is 3.14. The van der Waals surface area contributed by atoms with Gasteiger partial charge >= 0.3 is 5.97 Å². The molecule has 0 aliphatic carbocycles. The van der Waals surface area contributed by atoms with E-state index in [9.17, 15) is 4.79 Å². The highest BCUT2D eigenvalue weighted by atomic mass is 79.9. The number of rotatable bonds is 6. The molecule has 0 rings (SSSR count). The van der Waals surface area contributed by atoms with Gasteiger partial charge in [0.1, 0.15) is 0 Å². The summed E-state index contributed by atoms with van der Waals surface area (Å²) in [6.45, 7) is 9.01. The number of halogens is 1. The minimum Gasteiger partial charge on any atom is -0.466 e. The molecule has 15 heavy (non-hydrogen) atoms. The van der Waals surface area contributed by atoms with Gasteiger partial charge in [0.05, 0.1) is 6.61 Å². The first-order chi connectivity index (χ1) is 6.91.